The van der Waals surface area contributed by atoms with Crippen molar-refractivity contribution in [2.24, 2.45) is 0 Å². The van der Waals surface area contributed by atoms with Gasteiger partial charge in [-0.2, -0.15) is 4.98 Å². The second kappa shape index (κ2) is 11.4. The van der Waals surface area contributed by atoms with Crippen LogP contribution in [0.1, 0.15) is 21.5 Å². The molecule has 0 bridgehead atoms. The number of carbonyl (C=O) groups excluding carboxylic acids is 1. The molecule has 0 aliphatic heterocycles. The van der Waals surface area contributed by atoms with Crippen LogP contribution >= 0.6 is 11.6 Å². The average Bonchev–Trinajstić information content (AvgIpc) is 2.84. The highest BCUT2D eigenvalue weighted by Gasteiger charge is 2.20. The summed E-state index contributed by atoms with van der Waals surface area (Å²) in [6.07, 6.45) is 3.11. The maximum atomic E-state index is 14.0. The van der Waals surface area contributed by atoms with Crippen LogP contribution < -0.4 is 20.9 Å². The monoisotopic (exact) mass is 500 g/mol. The first-order chi connectivity index (χ1) is 16.8. The Balaban J connectivity index is 2.06. The van der Waals surface area contributed by atoms with Crippen LogP contribution in [-0.2, 0) is 6.61 Å². The van der Waals surface area contributed by atoms with Gasteiger partial charge in [0.1, 0.15) is 18.2 Å². The van der Waals surface area contributed by atoms with Gasteiger partial charge in [0.15, 0.2) is 5.02 Å². The molecule has 0 atom stereocenters. The van der Waals surface area contributed by atoms with Gasteiger partial charge in [0.05, 0.1) is 5.69 Å². The van der Waals surface area contributed by atoms with Crippen LogP contribution in [0.4, 0.5) is 14.7 Å². The zero-order valence-electron chi connectivity index (χ0n) is 18.9. The van der Waals surface area contributed by atoms with Gasteiger partial charge in [-0.05, 0) is 36.8 Å². The van der Waals surface area contributed by atoms with Crippen molar-refractivity contribution in [2.45, 2.75) is 13.5 Å². The maximum absolute atomic E-state index is 14.0. The van der Waals surface area contributed by atoms with Gasteiger partial charge in [0.25, 0.3) is 11.5 Å². The minimum absolute atomic E-state index is 0.0585. The lowest BCUT2D eigenvalue weighted by Gasteiger charge is -2.18. The first kappa shape index (κ1) is 25.6. The first-order valence-electron chi connectivity index (χ1n) is 10.5. The summed E-state index contributed by atoms with van der Waals surface area (Å²) in [5, 5.41) is 5.29. The van der Waals surface area contributed by atoms with Gasteiger partial charge >= 0.3 is 0 Å². The van der Waals surface area contributed by atoms with E-state index < -0.39 is 17.2 Å². The van der Waals surface area contributed by atoms with E-state index >= 15 is 0 Å². The minimum Gasteiger partial charge on any atom is -0.471 e. The third-order valence-electron chi connectivity index (χ3n) is 4.90. The summed E-state index contributed by atoms with van der Waals surface area (Å²) < 4.78 is 33.9. The molecule has 0 aliphatic rings. The number of amides is 1. The summed E-state index contributed by atoms with van der Waals surface area (Å²) in [5.74, 6) is -2.04. The lowest BCUT2D eigenvalue weighted by molar-refractivity contribution is 0.0958. The molecule has 35 heavy (non-hydrogen) atoms. The van der Waals surface area contributed by atoms with Crippen molar-refractivity contribution in [2.75, 3.05) is 18.4 Å². The smallest absolute Gasteiger partial charge is 0.282 e. The molecule has 3 aromatic rings. The number of benzene rings is 2. The molecule has 0 saturated carbocycles. The van der Waals surface area contributed by atoms with E-state index in [1.54, 1.807) is 37.3 Å². The van der Waals surface area contributed by atoms with E-state index in [2.05, 4.69) is 28.8 Å². The Bertz CT molecular complexity index is 1340. The third-order valence-corrected chi connectivity index (χ3v) is 5.22. The van der Waals surface area contributed by atoms with Gasteiger partial charge in [0, 0.05) is 30.3 Å². The fourth-order valence-corrected chi connectivity index (χ4v) is 3.31. The summed E-state index contributed by atoms with van der Waals surface area (Å²) in [6.45, 7) is 9.18. The average molecular weight is 501 g/mol. The van der Waals surface area contributed by atoms with Crippen molar-refractivity contribution in [3.8, 4) is 11.6 Å². The Kier molecular flexibility index (Phi) is 8.38. The standard InChI is InChI=1S/C25H23ClF2N4O3/c1-4-10-29-22(33)16-7-6-15(3)20(12-16)32-24(34)21(26)23(31-25(32)30-11-5-2)35-14-17-8-9-18(27)13-19(17)28/h4-9,12-13H,1-2,10-11,14H2,3H3,(H,29,33)(H,30,31). The van der Waals surface area contributed by atoms with Crippen LogP contribution in [0.5, 0.6) is 5.88 Å². The molecule has 0 saturated heterocycles. The number of aromatic nitrogens is 2. The molecule has 0 unspecified atom stereocenters. The van der Waals surface area contributed by atoms with Gasteiger partial charge in [-0.1, -0.05) is 29.8 Å². The van der Waals surface area contributed by atoms with Crippen molar-refractivity contribution in [1.82, 2.24) is 14.9 Å². The molecule has 3 rings (SSSR count). The van der Waals surface area contributed by atoms with Crippen molar-refractivity contribution < 1.29 is 18.3 Å². The highest BCUT2D eigenvalue weighted by molar-refractivity contribution is 6.31. The van der Waals surface area contributed by atoms with Gasteiger partial charge in [-0.3, -0.25) is 9.59 Å². The molecule has 10 heteroatoms. The Morgan fingerprint density at radius 1 is 1.17 bits per heavy atom. The molecule has 1 aromatic heterocycles. The number of hydrogen-bond donors (Lipinski definition) is 2. The highest BCUT2D eigenvalue weighted by atomic mass is 35.5. The molecule has 7 nitrogen and oxygen atoms in total. The van der Waals surface area contributed by atoms with E-state index in [0.717, 1.165) is 12.1 Å². The van der Waals surface area contributed by atoms with Gasteiger partial charge in [-0.15, -0.1) is 13.2 Å². The molecular formula is C25H23ClF2N4O3. The van der Waals surface area contributed by atoms with Crippen molar-refractivity contribution >= 4 is 23.5 Å². The molecule has 1 amide bonds. The fraction of sp³-hybridized carbons (Fsp3) is 0.160. The van der Waals surface area contributed by atoms with Crippen molar-refractivity contribution in [1.29, 1.82) is 0 Å². The summed E-state index contributed by atoms with van der Waals surface area (Å²) in [4.78, 5) is 30.1. The number of aryl methyl sites for hydroxylation is 1. The number of carbonyl (C=O) groups is 1. The third kappa shape index (κ3) is 5.93. The Morgan fingerprint density at radius 3 is 2.60 bits per heavy atom. The molecule has 0 fully saturated rings. The second-order valence-corrected chi connectivity index (χ2v) is 7.77. The molecule has 2 aromatic carbocycles. The van der Waals surface area contributed by atoms with Crippen LogP contribution in [-0.4, -0.2) is 28.5 Å². The largest absolute Gasteiger partial charge is 0.471 e. The molecule has 0 aliphatic carbocycles. The topological polar surface area (TPSA) is 85.2 Å². The quantitative estimate of drug-likeness (QED) is 0.398. The normalized spacial score (nSPS) is 10.5. The minimum atomic E-state index is -0.804. The van der Waals surface area contributed by atoms with Crippen molar-refractivity contribution in [3.63, 3.8) is 0 Å². The van der Waals surface area contributed by atoms with Crippen LogP contribution in [0.15, 0.2) is 66.5 Å². The first-order valence-corrected chi connectivity index (χ1v) is 10.9. The molecule has 182 valence electrons. The van der Waals surface area contributed by atoms with Crippen LogP contribution in [0.3, 0.4) is 0 Å². The summed E-state index contributed by atoms with van der Waals surface area (Å²) >= 11 is 6.30. The van der Waals surface area contributed by atoms with Gasteiger partial charge in [-0.25, -0.2) is 13.3 Å². The van der Waals surface area contributed by atoms with Gasteiger partial charge in [0.2, 0.25) is 11.8 Å². The molecule has 2 N–H and O–H groups in total. The lowest BCUT2D eigenvalue weighted by atomic mass is 10.1. The Hall–Kier alpha value is -3.98. The molecular weight excluding hydrogens is 478 g/mol. The van der Waals surface area contributed by atoms with Crippen LogP contribution in [0.2, 0.25) is 5.02 Å². The lowest BCUT2D eigenvalue weighted by Crippen LogP contribution is -2.27. The summed E-state index contributed by atoms with van der Waals surface area (Å²) in [5.41, 5.74) is 0.752. The number of hydrogen-bond acceptors (Lipinski definition) is 5. The molecule has 0 radical (unpaired) electrons. The number of halogens is 3. The van der Waals surface area contributed by atoms with E-state index in [-0.39, 0.29) is 48.0 Å². The Labute approximate surface area is 205 Å². The highest BCUT2D eigenvalue weighted by Crippen LogP contribution is 2.26. The predicted octanol–water partition coefficient (Wildman–Crippen LogP) is 4.57. The van der Waals surface area contributed by atoms with E-state index in [4.69, 9.17) is 16.3 Å². The van der Waals surface area contributed by atoms with E-state index in [1.165, 1.54) is 10.6 Å². The molecule has 0 spiro atoms. The van der Waals surface area contributed by atoms with E-state index in [1.807, 2.05) is 0 Å². The van der Waals surface area contributed by atoms with Crippen LogP contribution in [0.25, 0.3) is 5.69 Å². The zero-order chi connectivity index (χ0) is 25.5. The van der Waals surface area contributed by atoms with Gasteiger partial charge < -0.3 is 15.4 Å². The number of nitrogens with one attached hydrogen (secondary N) is 2. The Morgan fingerprint density at radius 2 is 1.91 bits per heavy atom. The number of ether oxygens (including phenoxy) is 1. The summed E-state index contributed by atoms with van der Waals surface area (Å²) in [7, 11) is 0. The number of anilines is 1. The van der Waals surface area contributed by atoms with Crippen LogP contribution in [0, 0.1) is 18.6 Å². The number of nitrogens with zero attached hydrogens (tertiary/aromatic N) is 2. The maximum Gasteiger partial charge on any atom is 0.282 e. The van der Waals surface area contributed by atoms with Crippen molar-refractivity contribution in [3.05, 3.63) is 105 Å². The number of rotatable bonds is 10. The molecule has 1 heterocycles. The fourth-order valence-electron chi connectivity index (χ4n) is 3.13. The second-order valence-electron chi connectivity index (χ2n) is 7.39. The van der Waals surface area contributed by atoms with E-state index in [0.29, 0.717) is 16.8 Å². The zero-order valence-corrected chi connectivity index (χ0v) is 19.7. The van der Waals surface area contributed by atoms with E-state index in [9.17, 15) is 18.4 Å². The summed E-state index contributed by atoms with van der Waals surface area (Å²) in [6, 6.07) is 7.90. The predicted molar refractivity (Wildman–Crippen MR) is 131 cm³/mol. The SMILES string of the molecule is C=CCNC(=O)c1ccc(C)c(-n2c(NCC=C)nc(OCc3ccc(F)cc3F)c(Cl)c2=O)c1.